The fourth-order valence-electron chi connectivity index (χ4n) is 1.95. The van der Waals surface area contributed by atoms with Gasteiger partial charge in [0.05, 0.1) is 11.4 Å². The van der Waals surface area contributed by atoms with Gasteiger partial charge in [0.1, 0.15) is 11.4 Å². The number of hydrogen-bond donors (Lipinski definition) is 2. The van der Waals surface area contributed by atoms with Crippen molar-refractivity contribution in [3.8, 4) is 0 Å². The second-order valence-corrected chi connectivity index (χ2v) is 5.11. The number of aromatic nitrogens is 2. The van der Waals surface area contributed by atoms with Crippen molar-refractivity contribution in [3.63, 3.8) is 0 Å². The maximum atomic E-state index is 11.2. The van der Waals surface area contributed by atoms with Crippen molar-refractivity contribution >= 4 is 11.9 Å². The molecular weight excluding hydrogens is 270 g/mol. The number of aromatic carboxylic acids is 1. The standard InChI is InChI=1S/C15H15N3O3/c1-15(2,11-7-3-5-9(17-11)13(16)19)12-8-4-6-10(18-12)14(20)21/h3-8H,1-2H3,(H2,16,19)(H,20,21). The van der Waals surface area contributed by atoms with E-state index in [1.54, 1.807) is 24.3 Å². The second kappa shape index (κ2) is 5.32. The Morgan fingerprint density at radius 2 is 1.48 bits per heavy atom. The van der Waals surface area contributed by atoms with E-state index in [4.69, 9.17) is 10.8 Å². The molecule has 108 valence electrons. The van der Waals surface area contributed by atoms with Crippen molar-refractivity contribution in [2.24, 2.45) is 5.73 Å². The Kier molecular flexibility index (Phi) is 3.71. The van der Waals surface area contributed by atoms with Gasteiger partial charge in [-0.1, -0.05) is 12.1 Å². The molecule has 6 nitrogen and oxygen atoms in total. The van der Waals surface area contributed by atoms with Crippen LogP contribution in [0.4, 0.5) is 0 Å². The van der Waals surface area contributed by atoms with Gasteiger partial charge in [-0.05, 0) is 38.1 Å². The molecule has 1 amide bonds. The van der Waals surface area contributed by atoms with Crippen LogP contribution in [0.3, 0.4) is 0 Å². The number of rotatable bonds is 4. The molecule has 2 rings (SSSR count). The molecule has 2 aromatic rings. The summed E-state index contributed by atoms with van der Waals surface area (Å²) in [6.07, 6.45) is 0. The Hall–Kier alpha value is -2.76. The summed E-state index contributed by atoms with van der Waals surface area (Å²) in [7, 11) is 0. The molecule has 0 fully saturated rings. The lowest BCUT2D eigenvalue weighted by Crippen LogP contribution is -2.25. The summed E-state index contributed by atoms with van der Waals surface area (Å²) in [6.45, 7) is 3.71. The van der Waals surface area contributed by atoms with E-state index in [0.717, 1.165) is 0 Å². The van der Waals surface area contributed by atoms with Gasteiger partial charge in [0.25, 0.3) is 5.91 Å². The van der Waals surface area contributed by atoms with Crippen LogP contribution < -0.4 is 5.73 Å². The zero-order valence-corrected chi connectivity index (χ0v) is 11.7. The van der Waals surface area contributed by atoms with Gasteiger partial charge in [-0.15, -0.1) is 0 Å². The van der Waals surface area contributed by atoms with Crippen LogP contribution in [-0.4, -0.2) is 27.0 Å². The van der Waals surface area contributed by atoms with Crippen LogP contribution in [0.15, 0.2) is 36.4 Å². The van der Waals surface area contributed by atoms with Gasteiger partial charge in [0.2, 0.25) is 0 Å². The molecule has 0 saturated heterocycles. The number of primary amides is 1. The van der Waals surface area contributed by atoms with Gasteiger partial charge in [-0.3, -0.25) is 4.79 Å². The molecule has 2 aromatic heterocycles. The molecule has 3 N–H and O–H groups in total. The number of hydrogen-bond acceptors (Lipinski definition) is 4. The van der Waals surface area contributed by atoms with E-state index in [2.05, 4.69) is 9.97 Å². The first kappa shape index (κ1) is 14.6. The van der Waals surface area contributed by atoms with E-state index < -0.39 is 17.3 Å². The molecule has 0 spiro atoms. The van der Waals surface area contributed by atoms with Gasteiger partial charge in [-0.25, -0.2) is 14.8 Å². The monoisotopic (exact) mass is 285 g/mol. The van der Waals surface area contributed by atoms with Crippen LogP contribution >= 0.6 is 0 Å². The quantitative estimate of drug-likeness (QED) is 0.887. The molecule has 0 radical (unpaired) electrons. The van der Waals surface area contributed by atoms with Crippen LogP contribution in [0, 0.1) is 0 Å². The largest absolute Gasteiger partial charge is 0.477 e. The number of carbonyl (C=O) groups excluding carboxylic acids is 1. The first-order valence-electron chi connectivity index (χ1n) is 6.30. The highest BCUT2D eigenvalue weighted by molar-refractivity contribution is 5.90. The van der Waals surface area contributed by atoms with Crippen molar-refractivity contribution in [1.29, 1.82) is 0 Å². The predicted molar refractivity (Wildman–Crippen MR) is 76.1 cm³/mol. The molecule has 2 heterocycles. The zero-order valence-electron chi connectivity index (χ0n) is 11.7. The SMILES string of the molecule is CC(C)(c1cccc(C(N)=O)n1)c1cccc(C(=O)O)n1. The van der Waals surface area contributed by atoms with Crippen molar-refractivity contribution < 1.29 is 14.7 Å². The fourth-order valence-corrected chi connectivity index (χ4v) is 1.95. The Bertz CT molecular complexity index is 651. The van der Waals surface area contributed by atoms with E-state index >= 15 is 0 Å². The molecular formula is C15H15N3O3. The number of carboxylic acid groups (broad SMARTS) is 1. The summed E-state index contributed by atoms with van der Waals surface area (Å²) < 4.78 is 0. The van der Waals surface area contributed by atoms with Crippen LogP contribution in [0.5, 0.6) is 0 Å². The van der Waals surface area contributed by atoms with Gasteiger partial charge in [-0.2, -0.15) is 0 Å². The average molecular weight is 285 g/mol. The first-order valence-corrected chi connectivity index (χ1v) is 6.30. The third-order valence-corrected chi connectivity index (χ3v) is 3.25. The number of pyridine rings is 2. The maximum Gasteiger partial charge on any atom is 0.354 e. The Morgan fingerprint density at radius 1 is 1.00 bits per heavy atom. The summed E-state index contributed by atoms with van der Waals surface area (Å²) in [5, 5.41) is 9.02. The molecule has 0 aliphatic rings. The summed E-state index contributed by atoms with van der Waals surface area (Å²) in [5.41, 5.74) is 5.85. The molecule has 0 atom stereocenters. The highest BCUT2D eigenvalue weighted by Crippen LogP contribution is 2.28. The average Bonchev–Trinajstić information content (AvgIpc) is 2.47. The molecule has 0 aliphatic heterocycles. The second-order valence-electron chi connectivity index (χ2n) is 5.11. The Morgan fingerprint density at radius 3 is 1.95 bits per heavy atom. The van der Waals surface area contributed by atoms with Crippen LogP contribution in [0.1, 0.15) is 46.2 Å². The third-order valence-electron chi connectivity index (χ3n) is 3.25. The summed E-state index contributed by atoms with van der Waals surface area (Å²) in [6, 6.07) is 9.75. The van der Waals surface area contributed by atoms with Crippen molar-refractivity contribution in [2.45, 2.75) is 19.3 Å². The predicted octanol–water partition coefficient (Wildman–Crippen LogP) is 1.60. The van der Waals surface area contributed by atoms with Gasteiger partial charge in [0, 0.05) is 5.41 Å². The minimum absolute atomic E-state index is 0.0355. The van der Waals surface area contributed by atoms with Crippen molar-refractivity contribution in [2.75, 3.05) is 0 Å². The minimum Gasteiger partial charge on any atom is -0.477 e. The van der Waals surface area contributed by atoms with Crippen molar-refractivity contribution in [3.05, 3.63) is 59.2 Å². The molecule has 21 heavy (non-hydrogen) atoms. The van der Waals surface area contributed by atoms with E-state index in [-0.39, 0.29) is 11.4 Å². The number of nitrogens with two attached hydrogens (primary N) is 1. The number of carboxylic acids is 1. The molecule has 0 aliphatic carbocycles. The highest BCUT2D eigenvalue weighted by atomic mass is 16.4. The Labute approximate surface area is 121 Å². The summed E-state index contributed by atoms with van der Waals surface area (Å²) in [5.74, 6) is -1.70. The third kappa shape index (κ3) is 2.89. The van der Waals surface area contributed by atoms with Crippen molar-refractivity contribution in [1.82, 2.24) is 9.97 Å². The molecule has 0 unspecified atom stereocenters. The molecule has 0 bridgehead atoms. The lowest BCUT2D eigenvalue weighted by atomic mass is 9.84. The smallest absolute Gasteiger partial charge is 0.354 e. The topological polar surface area (TPSA) is 106 Å². The van der Waals surface area contributed by atoms with Gasteiger partial charge >= 0.3 is 5.97 Å². The minimum atomic E-state index is -1.09. The summed E-state index contributed by atoms with van der Waals surface area (Å²) >= 11 is 0. The lowest BCUT2D eigenvalue weighted by Gasteiger charge is -2.24. The Balaban J connectivity index is 2.50. The number of carbonyl (C=O) groups is 2. The van der Waals surface area contributed by atoms with Crippen LogP contribution in [0.25, 0.3) is 0 Å². The molecule has 0 aromatic carbocycles. The first-order chi connectivity index (χ1) is 9.82. The number of amides is 1. The normalized spacial score (nSPS) is 11.1. The maximum absolute atomic E-state index is 11.2. The van der Waals surface area contributed by atoms with E-state index in [0.29, 0.717) is 11.4 Å². The van der Waals surface area contributed by atoms with Crippen LogP contribution in [-0.2, 0) is 5.41 Å². The molecule has 6 heteroatoms. The highest BCUT2D eigenvalue weighted by Gasteiger charge is 2.27. The lowest BCUT2D eigenvalue weighted by molar-refractivity contribution is 0.0689. The van der Waals surface area contributed by atoms with Crippen LogP contribution in [0.2, 0.25) is 0 Å². The zero-order chi connectivity index (χ0) is 15.6. The molecule has 0 saturated carbocycles. The van der Waals surface area contributed by atoms with E-state index in [1.807, 2.05) is 13.8 Å². The number of nitrogens with zero attached hydrogens (tertiary/aromatic N) is 2. The fraction of sp³-hybridized carbons (Fsp3) is 0.200. The summed E-state index contributed by atoms with van der Waals surface area (Å²) in [4.78, 5) is 30.6. The van der Waals surface area contributed by atoms with E-state index in [9.17, 15) is 9.59 Å². The van der Waals surface area contributed by atoms with E-state index in [1.165, 1.54) is 12.1 Å². The van der Waals surface area contributed by atoms with Gasteiger partial charge < -0.3 is 10.8 Å². The van der Waals surface area contributed by atoms with Gasteiger partial charge in [0.15, 0.2) is 0 Å².